The van der Waals surface area contributed by atoms with Gasteiger partial charge >= 0.3 is 0 Å². The highest BCUT2D eigenvalue weighted by Gasteiger charge is 2.17. The summed E-state index contributed by atoms with van der Waals surface area (Å²) < 4.78 is 11.6. The van der Waals surface area contributed by atoms with Gasteiger partial charge in [-0.15, -0.1) is 0 Å². The Hall–Kier alpha value is -1.32. The molecular weight excluding hydrogens is 238 g/mol. The second-order valence-electron chi connectivity index (χ2n) is 5.34. The van der Waals surface area contributed by atoms with Crippen molar-refractivity contribution in [2.75, 3.05) is 6.61 Å². The molecule has 3 heteroatoms. The van der Waals surface area contributed by atoms with Crippen LogP contribution in [0.4, 0.5) is 0 Å². The van der Waals surface area contributed by atoms with Gasteiger partial charge in [-0.25, -0.2) is 0 Å². The lowest BCUT2D eigenvalue weighted by molar-refractivity contribution is 0.0840. The van der Waals surface area contributed by atoms with Gasteiger partial charge in [0.25, 0.3) is 0 Å². The third kappa shape index (κ3) is 2.67. The smallest absolute Gasteiger partial charge is 0.135 e. The number of furan rings is 1. The molecule has 1 aliphatic carbocycles. The number of fused-ring (bicyclic) bond motifs is 1. The topological polar surface area (TPSA) is 48.4 Å². The molecule has 0 amide bonds. The molecule has 2 N–H and O–H groups in total. The van der Waals surface area contributed by atoms with Crippen molar-refractivity contribution in [1.29, 1.82) is 0 Å². The molecule has 0 bridgehead atoms. The zero-order valence-electron chi connectivity index (χ0n) is 11.2. The van der Waals surface area contributed by atoms with Crippen molar-refractivity contribution in [1.82, 2.24) is 0 Å². The van der Waals surface area contributed by atoms with E-state index in [0.717, 1.165) is 34.8 Å². The fraction of sp³-hybridized carbons (Fsp3) is 0.500. The van der Waals surface area contributed by atoms with E-state index in [1.165, 1.54) is 25.7 Å². The van der Waals surface area contributed by atoms with Crippen molar-refractivity contribution in [3.63, 3.8) is 0 Å². The summed E-state index contributed by atoms with van der Waals surface area (Å²) in [6.45, 7) is 1.86. The van der Waals surface area contributed by atoms with Crippen LogP contribution in [0.3, 0.4) is 0 Å². The van der Waals surface area contributed by atoms with Crippen molar-refractivity contribution in [3.8, 4) is 0 Å². The van der Waals surface area contributed by atoms with Crippen LogP contribution in [0.2, 0.25) is 0 Å². The van der Waals surface area contributed by atoms with Gasteiger partial charge in [0.2, 0.25) is 0 Å². The number of rotatable bonds is 6. The first-order valence-electron chi connectivity index (χ1n) is 7.15. The highest BCUT2D eigenvalue weighted by molar-refractivity contribution is 5.82. The molecule has 1 aliphatic rings. The van der Waals surface area contributed by atoms with Crippen LogP contribution in [0.15, 0.2) is 28.7 Å². The van der Waals surface area contributed by atoms with Gasteiger partial charge in [0, 0.05) is 24.1 Å². The van der Waals surface area contributed by atoms with E-state index in [4.69, 9.17) is 14.9 Å². The average molecular weight is 259 g/mol. The van der Waals surface area contributed by atoms with Crippen LogP contribution in [0.25, 0.3) is 11.0 Å². The highest BCUT2D eigenvalue weighted by atomic mass is 16.5. The Labute approximate surface area is 113 Å². The Morgan fingerprint density at radius 3 is 2.84 bits per heavy atom. The third-order valence-electron chi connectivity index (χ3n) is 4.11. The van der Waals surface area contributed by atoms with Gasteiger partial charge in [0.05, 0.1) is 0 Å². The number of hydrogen-bond donors (Lipinski definition) is 1. The van der Waals surface area contributed by atoms with Crippen molar-refractivity contribution in [2.24, 2.45) is 11.7 Å². The summed E-state index contributed by atoms with van der Waals surface area (Å²) in [6, 6.07) is 8.02. The van der Waals surface area contributed by atoms with Crippen molar-refractivity contribution >= 4 is 11.0 Å². The molecule has 0 aliphatic heterocycles. The van der Waals surface area contributed by atoms with Crippen LogP contribution < -0.4 is 5.73 Å². The first-order chi connectivity index (χ1) is 9.38. The number of para-hydroxylation sites is 1. The SMILES string of the molecule is NCc1c(COCCC2CCC2)oc2ccccc12. The van der Waals surface area contributed by atoms with E-state index in [2.05, 4.69) is 6.07 Å². The third-order valence-corrected chi connectivity index (χ3v) is 4.11. The van der Waals surface area contributed by atoms with E-state index in [0.29, 0.717) is 13.2 Å². The average Bonchev–Trinajstić information content (AvgIpc) is 2.73. The van der Waals surface area contributed by atoms with E-state index in [1.54, 1.807) is 0 Å². The summed E-state index contributed by atoms with van der Waals surface area (Å²) >= 11 is 0. The lowest BCUT2D eigenvalue weighted by atomic mass is 9.83. The monoisotopic (exact) mass is 259 g/mol. The lowest BCUT2D eigenvalue weighted by Crippen LogP contribution is -2.13. The summed E-state index contributed by atoms with van der Waals surface area (Å²) in [6.07, 6.45) is 5.33. The van der Waals surface area contributed by atoms with Gasteiger partial charge in [-0.05, 0) is 18.4 Å². The molecule has 3 rings (SSSR count). The first-order valence-corrected chi connectivity index (χ1v) is 7.15. The van der Waals surface area contributed by atoms with Crippen LogP contribution >= 0.6 is 0 Å². The van der Waals surface area contributed by atoms with Gasteiger partial charge in [0.15, 0.2) is 0 Å². The fourth-order valence-electron chi connectivity index (χ4n) is 2.69. The lowest BCUT2D eigenvalue weighted by Gasteiger charge is -2.24. The predicted octanol–water partition coefficient (Wildman–Crippen LogP) is 3.60. The number of nitrogens with two attached hydrogens (primary N) is 1. The van der Waals surface area contributed by atoms with E-state index >= 15 is 0 Å². The van der Waals surface area contributed by atoms with Gasteiger partial charge in [0.1, 0.15) is 18.0 Å². The summed E-state index contributed by atoms with van der Waals surface area (Å²) in [5.74, 6) is 1.78. The quantitative estimate of drug-likeness (QED) is 0.806. The molecule has 1 saturated carbocycles. The normalized spacial score (nSPS) is 15.8. The Kier molecular flexibility index (Phi) is 3.85. The minimum atomic E-state index is 0.498. The Morgan fingerprint density at radius 2 is 2.11 bits per heavy atom. The van der Waals surface area contributed by atoms with E-state index in [9.17, 15) is 0 Å². The van der Waals surface area contributed by atoms with Gasteiger partial charge in [-0.3, -0.25) is 0 Å². The summed E-state index contributed by atoms with van der Waals surface area (Å²) in [4.78, 5) is 0. The number of hydrogen-bond acceptors (Lipinski definition) is 3. The Morgan fingerprint density at radius 1 is 1.26 bits per heavy atom. The number of benzene rings is 1. The van der Waals surface area contributed by atoms with Crippen molar-refractivity contribution < 1.29 is 9.15 Å². The zero-order chi connectivity index (χ0) is 13.1. The van der Waals surface area contributed by atoms with Gasteiger partial charge < -0.3 is 14.9 Å². The summed E-state index contributed by atoms with van der Waals surface area (Å²) in [7, 11) is 0. The second kappa shape index (κ2) is 5.76. The van der Waals surface area contributed by atoms with Crippen molar-refractivity contribution in [2.45, 2.75) is 38.8 Å². The maximum Gasteiger partial charge on any atom is 0.135 e. The molecule has 0 spiro atoms. The van der Waals surface area contributed by atoms with Crippen LogP contribution in [0, 0.1) is 5.92 Å². The van der Waals surface area contributed by atoms with E-state index in [-0.39, 0.29) is 0 Å². The summed E-state index contributed by atoms with van der Waals surface area (Å²) in [5, 5.41) is 1.11. The van der Waals surface area contributed by atoms with E-state index in [1.807, 2.05) is 18.2 Å². The molecule has 19 heavy (non-hydrogen) atoms. The Bertz CT molecular complexity index is 543. The zero-order valence-corrected chi connectivity index (χ0v) is 11.2. The van der Waals surface area contributed by atoms with E-state index < -0.39 is 0 Å². The standard InChI is InChI=1S/C16H21NO2/c17-10-14-13-6-1-2-7-15(13)19-16(14)11-18-9-8-12-4-3-5-12/h1-2,6-7,12H,3-5,8-11,17H2. The molecule has 1 aromatic carbocycles. The second-order valence-corrected chi connectivity index (χ2v) is 5.34. The first kappa shape index (κ1) is 12.7. The molecular formula is C16H21NO2. The van der Waals surface area contributed by atoms with Crippen LogP contribution in [-0.4, -0.2) is 6.61 Å². The fourth-order valence-corrected chi connectivity index (χ4v) is 2.69. The summed E-state index contributed by atoms with van der Waals surface area (Å²) in [5.41, 5.74) is 7.81. The van der Waals surface area contributed by atoms with Crippen LogP contribution in [-0.2, 0) is 17.9 Å². The van der Waals surface area contributed by atoms with Crippen LogP contribution in [0.1, 0.15) is 37.0 Å². The molecule has 1 heterocycles. The molecule has 3 nitrogen and oxygen atoms in total. The van der Waals surface area contributed by atoms with Gasteiger partial charge in [-0.1, -0.05) is 37.5 Å². The van der Waals surface area contributed by atoms with Gasteiger partial charge in [-0.2, -0.15) is 0 Å². The largest absolute Gasteiger partial charge is 0.458 e. The maximum atomic E-state index is 5.83. The Balaban J connectivity index is 1.62. The van der Waals surface area contributed by atoms with Crippen molar-refractivity contribution in [3.05, 3.63) is 35.6 Å². The molecule has 0 saturated heterocycles. The molecule has 0 atom stereocenters. The minimum Gasteiger partial charge on any atom is -0.458 e. The molecule has 102 valence electrons. The molecule has 0 radical (unpaired) electrons. The predicted molar refractivity (Wildman–Crippen MR) is 75.7 cm³/mol. The molecule has 1 fully saturated rings. The minimum absolute atomic E-state index is 0.498. The maximum absolute atomic E-state index is 5.83. The van der Waals surface area contributed by atoms with Crippen LogP contribution in [0.5, 0.6) is 0 Å². The molecule has 0 unspecified atom stereocenters. The number of ether oxygens (including phenoxy) is 1. The highest BCUT2D eigenvalue weighted by Crippen LogP contribution is 2.30. The molecule has 2 aromatic rings. The molecule has 1 aromatic heterocycles.